The van der Waals surface area contributed by atoms with E-state index in [1.54, 1.807) is 6.20 Å². The first kappa shape index (κ1) is 18.7. The Hall–Kier alpha value is -1.64. The van der Waals surface area contributed by atoms with Crippen molar-refractivity contribution in [1.82, 2.24) is 29.6 Å². The molecular weight excluding hydrogens is 344 g/mol. The van der Waals surface area contributed by atoms with Gasteiger partial charge in [-0.1, -0.05) is 6.92 Å². The SMILES string of the molecule is CCN1CCN(CCN2CC3(CCN(Cc4ncc[nH]4)CC3)OC2=O)CC1. The lowest BCUT2D eigenvalue weighted by molar-refractivity contribution is -0.00177. The van der Waals surface area contributed by atoms with Gasteiger partial charge in [0.25, 0.3) is 0 Å². The Morgan fingerprint density at radius 1 is 1.07 bits per heavy atom. The molecule has 0 bridgehead atoms. The van der Waals surface area contributed by atoms with Crippen molar-refractivity contribution >= 4 is 6.09 Å². The van der Waals surface area contributed by atoms with Gasteiger partial charge in [-0.15, -0.1) is 0 Å². The lowest BCUT2D eigenvalue weighted by Crippen LogP contribution is -2.49. The molecule has 0 atom stereocenters. The second-order valence-electron chi connectivity index (χ2n) is 8.06. The number of likely N-dealkylation sites (N-methyl/N-ethyl adjacent to an activating group) is 1. The third-order valence-corrected chi connectivity index (χ3v) is 6.33. The van der Waals surface area contributed by atoms with E-state index in [-0.39, 0.29) is 11.7 Å². The summed E-state index contributed by atoms with van der Waals surface area (Å²) in [4.78, 5) is 29.1. The van der Waals surface area contributed by atoms with Crippen molar-refractivity contribution in [3.05, 3.63) is 18.2 Å². The van der Waals surface area contributed by atoms with Crippen LogP contribution in [0.4, 0.5) is 4.79 Å². The van der Waals surface area contributed by atoms with Gasteiger partial charge in [0.15, 0.2) is 0 Å². The zero-order valence-electron chi connectivity index (χ0n) is 16.4. The lowest BCUT2D eigenvalue weighted by atomic mass is 9.91. The zero-order chi connectivity index (χ0) is 18.7. The molecule has 0 unspecified atom stereocenters. The van der Waals surface area contributed by atoms with Crippen molar-refractivity contribution in [2.75, 3.05) is 65.4 Å². The van der Waals surface area contributed by atoms with Gasteiger partial charge in [0.1, 0.15) is 11.4 Å². The maximum atomic E-state index is 12.4. The number of aromatic amines is 1. The molecule has 8 nitrogen and oxygen atoms in total. The molecule has 1 spiro atoms. The number of rotatable bonds is 6. The van der Waals surface area contributed by atoms with Crippen LogP contribution >= 0.6 is 0 Å². The number of aromatic nitrogens is 2. The zero-order valence-corrected chi connectivity index (χ0v) is 16.4. The van der Waals surface area contributed by atoms with Crippen LogP contribution in [0.15, 0.2) is 12.4 Å². The van der Waals surface area contributed by atoms with Crippen LogP contribution < -0.4 is 0 Å². The number of hydrogen-bond acceptors (Lipinski definition) is 6. The molecule has 0 saturated carbocycles. The van der Waals surface area contributed by atoms with Gasteiger partial charge in [-0.05, 0) is 6.54 Å². The highest BCUT2D eigenvalue weighted by molar-refractivity contribution is 5.70. The van der Waals surface area contributed by atoms with E-state index in [4.69, 9.17) is 4.74 Å². The second-order valence-corrected chi connectivity index (χ2v) is 8.06. The molecule has 4 heterocycles. The molecule has 1 amide bonds. The molecule has 8 heteroatoms. The van der Waals surface area contributed by atoms with Gasteiger partial charge in [-0.3, -0.25) is 9.80 Å². The van der Waals surface area contributed by atoms with Crippen LogP contribution in [-0.4, -0.2) is 107 Å². The topological polar surface area (TPSA) is 67.9 Å². The first-order chi connectivity index (χ1) is 13.2. The number of amides is 1. The van der Waals surface area contributed by atoms with Gasteiger partial charge >= 0.3 is 6.09 Å². The highest BCUT2D eigenvalue weighted by atomic mass is 16.6. The van der Waals surface area contributed by atoms with Gasteiger partial charge in [-0.25, -0.2) is 9.78 Å². The van der Waals surface area contributed by atoms with Gasteiger partial charge < -0.3 is 19.5 Å². The number of piperazine rings is 1. The minimum absolute atomic E-state index is 0.123. The van der Waals surface area contributed by atoms with E-state index in [9.17, 15) is 4.79 Å². The number of nitrogens with zero attached hydrogens (tertiary/aromatic N) is 5. The van der Waals surface area contributed by atoms with E-state index in [1.165, 1.54) is 0 Å². The van der Waals surface area contributed by atoms with E-state index in [0.717, 1.165) is 90.7 Å². The third-order valence-electron chi connectivity index (χ3n) is 6.33. The van der Waals surface area contributed by atoms with E-state index >= 15 is 0 Å². The summed E-state index contributed by atoms with van der Waals surface area (Å²) >= 11 is 0. The minimum atomic E-state index is -0.280. The number of hydrogen-bond donors (Lipinski definition) is 1. The molecule has 1 aromatic rings. The fourth-order valence-corrected chi connectivity index (χ4v) is 4.43. The number of carbonyl (C=O) groups is 1. The molecule has 1 N–H and O–H groups in total. The summed E-state index contributed by atoms with van der Waals surface area (Å²) in [5.74, 6) is 0.999. The molecule has 3 aliphatic heterocycles. The van der Waals surface area contributed by atoms with Gasteiger partial charge in [-0.2, -0.15) is 0 Å². The highest BCUT2D eigenvalue weighted by Gasteiger charge is 2.46. The summed E-state index contributed by atoms with van der Waals surface area (Å²) in [6.07, 6.45) is 5.34. The summed E-state index contributed by atoms with van der Waals surface area (Å²) in [6, 6.07) is 0. The molecule has 3 fully saturated rings. The van der Waals surface area contributed by atoms with Crippen LogP contribution in [0.2, 0.25) is 0 Å². The van der Waals surface area contributed by atoms with E-state index in [0.29, 0.717) is 0 Å². The van der Waals surface area contributed by atoms with Crippen LogP contribution in [-0.2, 0) is 11.3 Å². The number of ether oxygens (including phenoxy) is 1. The van der Waals surface area contributed by atoms with Crippen molar-refractivity contribution in [2.45, 2.75) is 31.9 Å². The van der Waals surface area contributed by atoms with Crippen molar-refractivity contribution in [2.24, 2.45) is 0 Å². The summed E-state index contributed by atoms with van der Waals surface area (Å²) in [5, 5.41) is 0. The van der Waals surface area contributed by atoms with Crippen molar-refractivity contribution in [1.29, 1.82) is 0 Å². The van der Waals surface area contributed by atoms with Crippen LogP contribution in [0.25, 0.3) is 0 Å². The van der Waals surface area contributed by atoms with Crippen LogP contribution in [0.5, 0.6) is 0 Å². The Kier molecular flexibility index (Phi) is 5.66. The third kappa shape index (κ3) is 4.44. The van der Waals surface area contributed by atoms with Crippen LogP contribution in [0.3, 0.4) is 0 Å². The van der Waals surface area contributed by atoms with E-state index < -0.39 is 0 Å². The molecule has 150 valence electrons. The van der Waals surface area contributed by atoms with Crippen molar-refractivity contribution < 1.29 is 9.53 Å². The van der Waals surface area contributed by atoms with Crippen molar-refractivity contribution in [3.8, 4) is 0 Å². The van der Waals surface area contributed by atoms with Crippen LogP contribution in [0, 0.1) is 0 Å². The normalized spacial score (nSPS) is 24.6. The first-order valence-electron chi connectivity index (χ1n) is 10.3. The molecule has 0 aromatic carbocycles. The van der Waals surface area contributed by atoms with E-state index in [2.05, 4.69) is 31.6 Å². The average molecular weight is 377 g/mol. The molecule has 27 heavy (non-hydrogen) atoms. The van der Waals surface area contributed by atoms with Gasteiger partial charge in [0.2, 0.25) is 0 Å². The quantitative estimate of drug-likeness (QED) is 0.793. The average Bonchev–Trinajstić information content (AvgIpc) is 3.30. The lowest BCUT2D eigenvalue weighted by Gasteiger charge is -2.37. The van der Waals surface area contributed by atoms with Gasteiger partial charge in [0, 0.05) is 77.6 Å². The maximum absolute atomic E-state index is 12.4. The summed E-state index contributed by atoms with van der Waals surface area (Å²) in [6.45, 7) is 13.0. The molecule has 4 rings (SSSR count). The molecule has 0 radical (unpaired) electrons. The molecule has 3 aliphatic rings. The summed E-state index contributed by atoms with van der Waals surface area (Å²) < 4.78 is 5.87. The summed E-state index contributed by atoms with van der Waals surface area (Å²) in [7, 11) is 0. The minimum Gasteiger partial charge on any atom is -0.441 e. The Labute approximate surface area is 161 Å². The largest absolute Gasteiger partial charge is 0.441 e. The fourth-order valence-electron chi connectivity index (χ4n) is 4.43. The Morgan fingerprint density at radius 3 is 2.48 bits per heavy atom. The number of likely N-dealkylation sites (tertiary alicyclic amines) is 1. The van der Waals surface area contributed by atoms with Gasteiger partial charge in [0.05, 0.1) is 13.1 Å². The Bertz CT molecular complexity index is 606. The molecule has 3 saturated heterocycles. The molecule has 1 aromatic heterocycles. The smallest absolute Gasteiger partial charge is 0.410 e. The molecular formula is C19H32N6O2. The predicted octanol–water partition coefficient (Wildman–Crippen LogP) is 0.834. The number of piperidine rings is 1. The van der Waals surface area contributed by atoms with E-state index in [1.807, 2.05) is 11.1 Å². The number of H-pyrrole nitrogens is 1. The standard InChI is InChI=1S/C19H32N6O2/c1-2-22-9-11-23(12-10-22)13-14-25-16-19(27-18(25)26)3-7-24(8-4-19)15-17-20-5-6-21-17/h5-6H,2-4,7-16H2,1H3,(H,20,21). The second kappa shape index (κ2) is 8.16. The monoisotopic (exact) mass is 376 g/mol. The van der Waals surface area contributed by atoms with Crippen molar-refractivity contribution in [3.63, 3.8) is 0 Å². The fraction of sp³-hybridized carbons (Fsp3) is 0.789. The van der Waals surface area contributed by atoms with Crippen LogP contribution in [0.1, 0.15) is 25.6 Å². The summed E-state index contributed by atoms with van der Waals surface area (Å²) in [5.41, 5.74) is -0.280. The highest BCUT2D eigenvalue weighted by Crippen LogP contribution is 2.33. The Morgan fingerprint density at radius 2 is 1.81 bits per heavy atom. The first-order valence-corrected chi connectivity index (χ1v) is 10.3. The number of imidazole rings is 1. The maximum Gasteiger partial charge on any atom is 0.410 e. The Balaban J connectivity index is 1.22. The number of nitrogens with one attached hydrogen (secondary N) is 1. The predicted molar refractivity (Wildman–Crippen MR) is 102 cm³/mol. The molecule has 0 aliphatic carbocycles. The number of carbonyl (C=O) groups excluding carboxylic acids is 1.